The zero-order valence-electron chi connectivity index (χ0n) is 26.6. The van der Waals surface area contributed by atoms with Gasteiger partial charge in [0.05, 0.1) is 0 Å². The Kier molecular flexibility index (Phi) is 25.6. The summed E-state index contributed by atoms with van der Waals surface area (Å²) in [6.45, 7) is 21.1. The van der Waals surface area contributed by atoms with Crippen LogP contribution in [0.3, 0.4) is 0 Å². The van der Waals surface area contributed by atoms with Gasteiger partial charge in [0.25, 0.3) is 0 Å². The second-order valence-corrected chi connectivity index (χ2v) is 15.9. The molecule has 5 heteroatoms. The molecule has 0 bridgehead atoms. The van der Waals surface area contributed by atoms with Crippen molar-refractivity contribution in [2.24, 2.45) is 23.7 Å². The summed E-state index contributed by atoms with van der Waals surface area (Å²) in [5.74, 6) is 2.19. The van der Waals surface area contributed by atoms with Crippen molar-refractivity contribution in [2.45, 2.75) is 158 Å². The minimum absolute atomic E-state index is 0.548. The molecular weight excluding hydrogens is 521 g/mol. The second kappa shape index (κ2) is 25.4. The topological polar surface area (TPSA) is 36.9 Å². The monoisotopic (exact) mass is 590 g/mol. The number of rotatable bonds is 28. The average Bonchev–Trinajstić information content (AvgIpc) is 2.93. The number of unbranched alkanes of at least 4 members (excludes halogenated alkanes) is 4. The molecule has 0 aromatic rings. The first-order valence-electron chi connectivity index (χ1n) is 16.5. The standard InChI is InChI=1S/C32H68GeO4/c1-9-17-21-29(13-5)25-34-33(35-26-30(14-6)22-18-10-2,36-27-31(15-7)23-19-11-3)37-28-32(16-8)24-20-12-4/h29-32H,9-28H2,1-8H3. The maximum absolute atomic E-state index is 6.80. The molecule has 4 atom stereocenters. The van der Waals surface area contributed by atoms with Crippen LogP contribution < -0.4 is 0 Å². The molecule has 0 saturated carbocycles. The number of hydrogen-bond acceptors (Lipinski definition) is 4. The molecule has 37 heavy (non-hydrogen) atoms. The fraction of sp³-hybridized carbons (Fsp3) is 1.00. The normalized spacial score (nSPS) is 16.9. The molecule has 0 spiro atoms. The SMILES string of the molecule is CCCCC(CC)C[O][Ge]([O]CC(CC)CCCC)([O]CC(CC)CCCC)[O]CC(CC)CCCC. The van der Waals surface area contributed by atoms with E-state index >= 15 is 0 Å². The Balaban J connectivity index is 5.79. The Morgan fingerprint density at radius 2 is 0.595 bits per heavy atom. The van der Waals surface area contributed by atoms with Crippen LogP contribution in [0.15, 0.2) is 0 Å². The Bertz CT molecular complexity index is 390. The van der Waals surface area contributed by atoms with Gasteiger partial charge in [-0.05, 0) is 0 Å². The summed E-state index contributed by atoms with van der Waals surface area (Å²) in [7, 11) is 0. The van der Waals surface area contributed by atoms with E-state index in [2.05, 4.69) is 55.4 Å². The Hall–Kier alpha value is 0.383. The van der Waals surface area contributed by atoms with E-state index in [9.17, 15) is 0 Å². The number of hydrogen-bond donors (Lipinski definition) is 0. The predicted octanol–water partition coefficient (Wildman–Crippen LogP) is 10.4. The first kappa shape index (κ1) is 37.4. The summed E-state index contributed by atoms with van der Waals surface area (Å²) in [5, 5.41) is 0. The molecule has 0 radical (unpaired) electrons. The molecular formula is C32H68GeO4. The van der Waals surface area contributed by atoms with Crippen molar-refractivity contribution in [1.82, 2.24) is 0 Å². The second-order valence-electron chi connectivity index (χ2n) is 11.4. The van der Waals surface area contributed by atoms with Crippen molar-refractivity contribution in [3.05, 3.63) is 0 Å². The van der Waals surface area contributed by atoms with Crippen LogP contribution in [-0.4, -0.2) is 41.0 Å². The Morgan fingerprint density at radius 1 is 0.378 bits per heavy atom. The summed E-state index contributed by atoms with van der Waals surface area (Å²) in [5.41, 5.74) is 0. The molecule has 0 rings (SSSR count). The van der Waals surface area contributed by atoms with Gasteiger partial charge in [0.1, 0.15) is 0 Å². The average molecular weight is 590 g/mol. The van der Waals surface area contributed by atoms with Crippen LogP contribution in [0.1, 0.15) is 158 Å². The minimum atomic E-state index is -3.93. The molecule has 0 saturated heterocycles. The summed E-state index contributed by atoms with van der Waals surface area (Å²) in [6, 6.07) is 0. The van der Waals surface area contributed by atoms with Crippen LogP contribution >= 0.6 is 0 Å². The van der Waals surface area contributed by atoms with Gasteiger partial charge in [0, 0.05) is 0 Å². The third kappa shape index (κ3) is 18.4. The molecule has 4 unspecified atom stereocenters. The molecule has 0 aromatic carbocycles. The predicted molar refractivity (Wildman–Crippen MR) is 163 cm³/mol. The molecule has 0 aliphatic rings. The van der Waals surface area contributed by atoms with Crippen LogP contribution in [-0.2, 0) is 15.1 Å². The molecule has 0 aliphatic carbocycles. The summed E-state index contributed by atoms with van der Waals surface area (Å²) in [4.78, 5) is 0. The third-order valence-corrected chi connectivity index (χ3v) is 12.5. The van der Waals surface area contributed by atoms with Gasteiger partial charge in [-0.15, -0.1) is 0 Å². The molecule has 4 nitrogen and oxygen atoms in total. The zero-order valence-corrected chi connectivity index (χ0v) is 28.7. The fourth-order valence-electron chi connectivity index (χ4n) is 4.72. The quantitative estimate of drug-likeness (QED) is 0.0851. The van der Waals surface area contributed by atoms with E-state index in [-0.39, 0.29) is 0 Å². The van der Waals surface area contributed by atoms with E-state index in [1.165, 1.54) is 77.0 Å². The molecule has 0 aromatic heterocycles. The Morgan fingerprint density at radius 3 is 0.757 bits per heavy atom. The van der Waals surface area contributed by atoms with Crippen LogP contribution in [0.2, 0.25) is 0 Å². The van der Waals surface area contributed by atoms with E-state index in [4.69, 9.17) is 15.1 Å². The van der Waals surface area contributed by atoms with Gasteiger partial charge in [0.15, 0.2) is 0 Å². The summed E-state index contributed by atoms with van der Waals surface area (Å²) in [6.07, 6.45) is 19.3. The molecule has 0 N–H and O–H groups in total. The van der Waals surface area contributed by atoms with Gasteiger partial charge in [-0.25, -0.2) is 0 Å². The molecule has 0 fully saturated rings. The zero-order chi connectivity index (χ0) is 27.8. The fourth-order valence-corrected chi connectivity index (χ4v) is 9.46. The van der Waals surface area contributed by atoms with Crippen LogP contribution in [0.5, 0.6) is 0 Å². The van der Waals surface area contributed by atoms with Gasteiger partial charge in [-0.2, -0.15) is 0 Å². The van der Waals surface area contributed by atoms with Crippen molar-refractivity contribution in [3.8, 4) is 0 Å². The van der Waals surface area contributed by atoms with Gasteiger partial charge in [-0.3, -0.25) is 0 Å². The molecule has 0 heterocycles. The van der Waals surface area contributed by atoms with Crippen molar-refractivity contribution in [2.75, 3.05) is 26.4 Å². The van der Waals surface area contributed by atoms with Gasteiger partial charge in [-0.1, -0.05) is 0 Å². The summed E-state index contributed by atoms with van der Waals surface area (Å²) < 4.78 is 27.2. The maximum atomic E-state index is 6.80. The van der Waals surface area contributed by atoms with E-state index in [0.717, 1.165) is 25.7 Å². The van der Waals surface area contributed by atoms with Gasteiger partial charge < -0.3 is 0 Å². The van der Waals surface area contributed by atoms with Gasteiger partial charge >= 0.3 is 238 Å². The van der Waals surface area contributed by atoms with Crippen LogP contribution in [0.4, 0.5) is 0 Å². The Labute approximate surface area is 237 Å². The molecule has 0 amide bonds. The van der Waals surface area contributed by atoms with Crippen molar-refractivity contribution in [1.29, 1.82) is 0 Å². The van der Waals surface area contributed by atoms with E-state index in [1.54, 1.807) is 0 Å². The van der Waals surface area contributed by atoms with Crippen molar-refractivity contribution >= 4 is 14.6 Å². The summed E-state index contributed by atoms with van der Waals surface area (Å²) >= 11 is -3.93. The van der Waals surface area contributed by atoms with Gasteiger partial charge in [0.2, 0.25) is 0 Å². The van der Waals surface area contributed by atoms with Crippen LogP contribution in [0, 0.1) is 23.7 Å². The van der Waals surface area contributed by atoms with Crippen molar-refractivity contribution in [3.63, 3.8) is 0 Å². The molecule has 224 valence electrons. The third-order valence-electron chi connectivity index (χ3n) is 8.16. The first-order chi connectivity index (χ1) is 18.0. The molecule has 0 aliphatic heterocycles. The van der Waals surface area contributed by atoms with E-state index in [1.807, 2.05) is 0 Å². The van der Waals surface area contributed by atoms with Crippen molar-refractivity contribution < 1.29 is 15.1 Å². The van der Waals surface area contributed by atoms with Crippen LogP contribution in [0.25, 0.3) is 0 Å². The first-order valence-corrected chi connectivity index (χ1v) is 20.0. The van der Waals surface area contributed by atoms with E-state index < -0.39 is 14.6 Å². The van der Waals surface area contributed by atoms with E-state index in [0.29, 0.717) is 50.1 Å².